The van der Waals surface area contributed by atoms with Gasteiger partial charge in [-0.3, -0.25) is 4.79 Å². The highest BCUT2D eigenvalue weighted by molar-refractivity contribution is 14.1. The van der Waals surface area contributed by atoms with Crippen LogP contribution in [0.4, 0.5) is 0 Å². The van der Waals surface area contributed by atoms with Crippen LogP contribution in [0.1, 0.15) is 23.6 Å². The van der Waals surface area contributed by atoms with Crippen LogP contribution >= 0.6 is 22.6 Å². The van der Waals surface area contributed by atoms with Gasteiger partial charge >= 0.3 is 0 Å². The van der Waals surface area contributed by atoms with Crippen molar-refractivity contribution in [2.24, 2.45) is 5.10 Å². The predicted molar refractivity (Wildman–Crippen MR) is 109 cm³/mol. The number of hydrogen-bond acceptors (Lipinski definition) is 5. The Hall–Kier alpha value is -2.29. The minimum Gasteiger partial charge on any atom is -0.504 e. The summed E-state index contributed by atoms with van der Waals surface area (Å²) in [7, 11) is 0. The highest BCUT2D eigenvalue weighted by Crippen LogP contribution is 2.28. The van der Waals surface area contributed by atoms with Crippen molar-refractivity contribution in [3.8, 4) is 17.2 Å². The molecule has 0 heterocycles. The number of phenols is 1. The van der Waals surface area contributed by atoms with Crippen LogP contribution in [0.25, 0.3) is 0 Å². The Bertz CT molecular complexity index is 798. The van der Waals surface area contributed by atoms with Crippen LogP contribution in [0.2, 0.25) is 0 Å². The Morgan fingerprint density at radius 2 is 1.96 bits per heavy atom. The lowest BCUT2D eigenvalue weighted by atomic mass is 10.1. The van der Waals surface area contributed by atoms with Gasteiger partial charge in [0.15, 0.2) is 18.1 Å². The number of hydrogen-bond donors (Lipinski definition) is 2. The van der Waals surface area contributed by atoms with Gasteiger partial charge in [-0.1, -0.05) is 6.07 Å². The summed E-state index contributed by atoms with van der Waals surface area (Å²) in [5, 5.41) is 13.9. The highest BCUT2D eigenvalue weighted by Gasteiger charge is 2.09. The topological polar surface area (TPSA) is 80.2 Å². The van der Waals surface area contributed by atoms with E-state index in [-0.39, 0.29) is 18.3 Å². The van der Waals surface area contributed by atoms with Gasteiger partial charge < -0.3 is 14.6 Å². The molecule has 6 nitrogen and oxygen atoms in total. The molecule has 0 aliphatic carbocycles. The van der Waals surface area contributed by atoms with Gasteiger partial charge in [0.2, 0.25) is 0 Å². The number of benzene rings is 2. The molecule has 7 heteroatoms. The molecule has 0 spiro atoms. The maximum Gasteiger partial charge on any atom is 0.277 e. The molecule has 2 rings (SSSR count). The first-order valence-electron chi connectivity index (χ1n) is 8.08. The number of carbonyl (C=O) groups excluding carboxylic acids is 1. The number of carbonyl (C=O) groups is 1. The van der Waals surface area contributed by atoms with Gasteiger partial charge in [-0.05, 0) is 78.8 Å². The molecule has 138 valence electrons. The van der Waals surface area contributed by atoms with Gasteiger partial charge in [0, 0.05) is 9.13 Å². The number of hydrazone groups is 1. The summed E-state index contributed by atoms with van der Waals surface area (Å²) in [6.45, 7) is 6.01. The zero-order chi connectivity index (χ0) is 19.1. The number of phenolic OH excluding ortho intramolecular Hbond substituents is 1. The molecule has 0 saturated heterocycles. The maximum absolute atomic E-state index is 11.9. The van der Waals surface area contributed by atoms with Crippen LogP contribution in [0.15, 0.2) is 35.4 Å². The van der Waals surface area contributed by atoms with E-state index in [1.807, 2.05) is 32.9 Å². The lowest BCUT2D eigenvalue weighted by Crippen LogP contribution is -2.25. The number of para-hydroxylation sites is 1. The van der Waals surface area contributed by atoms with Crippen LogP contribution in [-0.4, -0.2) is 30.4 Å². The average molecular weight is 468 g/mol. The Balaban J connectivity index is 1.93. The van der Waals surface area contributed by atoms with E-state index in [1.54, 1.807) is 18.2 Å². The molecule has 1 amide bonds. The quantitative estimate of drug-likeness (QED) is 0.370. The van der Waals surface area contributed by atoms with Crippen molar-refractivity contribution in [1.82, 2.24) is 5.43 Å². The lowest BCUT2D eigenvalue weighted by Gasteiger charge is -2.11. The molecule has 0 bridgehead atoms. The first kappa shape index (κ1) is 20.0. The van der Waals surface area contributed by atoms with Crippen molar-refractivity contribution in [2.75, 3.05) is 13.2 Å². The lowest BCUT2D eigenvalue weighted by molar-refractivity contribution is -0.123. The summed E-state index contributed by atoms with van der Waals surface area (Å²) in [6, 6.07) is 9.05. The average Bonchev–Trinajstić information content (AvgIpc) is 2.57. The first-order chi connectivity index (χ1) is 12.4. The largest absolute Gasteiger partial charge is 0.504 e. The Labute approximate surface area is 166 Å². The smallest absolute Gasteiger partial charge is 0.277 e. The van der Waals surface area contributed by atoms with Crippen LogP contribution in [0, 0.1) is 17.4 Å². The van der Waals surface area contributed by atoms with Crippen LogP contribution in [-0.2, 0) is 4.79 Å². The Kier molecular flexibility index (Phi) is 7.26. The fourth-order valence-corrected chi connectivity index (χ4v) is 3.32. The van der Waals surface area contributed by atoms with Crippen LogP contribution in [0.3, 0.4) is 0 Å². The van der Waals surface area contributed by atoms with Gasteiger partial charge in [0.05, 0.1) is 12.8 Å². The fraction of sp³-hybridized carbons (Fsp3) is 0.263. The van der Waals surface area contributed by atoms with Crippen LogP contribution in [0.5, 0.6) is 17.2 Å². The molecule has 2 N–H and O–H groups in total. The van der Waals surface area contributed by atoms with Crippen molar-refractivity contribution in [2.45, 2.75) is 20.8 Å². The molecular weight excluding hydrogens is 447 g/mol. The third kappa shape index (κ3) is 5.35. The van der Waals surface area contributed by atoms with E-state index in [4.69, 9.17) is 9.47 Å². The Morgan fingerprint density at radius 3 is 2.62 bits per heavy atom. The molecule has 0 aliphatic heterocycles. The molecule has 0 atom stereocenters. The van der Waals surface area contributed by atoms with Crippen molar-refractivity contribution in [3.05, 3.63) is 50.6 Å². The van der Waals surface area contributed by atoms with E-state index in [0.29, 0.717) is 23.7 Å². The number of ether oxygens (including phenoxy) is 2. The third-order valence-corrected chi connectivity index (χ3v) is 4.12. The van der Waals surface area contributed by atoms with E-state index in [2.05, 4.69) is 33.1 Å². The molecule has 0 radical (unpaired) electrons. The van der Waals surface area contributed by atoms with Gasteiger partial charge in [-0.15, -0.1) is 0 Å². The summed E-state index contributed by atoms with van der Waals surface area (Å²) in [5.41, 5.74) is 4.78. The number of amides is 1. The third-order valence-electron chi connectivity index (χ3n) is 3.50. The van der Waals surface area contributed by atoms with E-state index in [0.717, 1.165) is 14.7 Å². The molecule has 0 saturated carbocycles. The predicted octanol–water partition coefficient (Wildman–Crippen LogP) is 3.54. The second-order valence-corrected chi connectivity index (χ2v) is 6.82. The van der Waals surface area contributed by atoms with E-state index in [9.17, 15) is 9.90 Å². The van der Waals surface area contributed by atoms with Gasteiger partial charge in [-0.25, -0.2) is 5.43 Å². The monoisotopic (exact) mass is 468 g/mol. The molecule has 2 aromatic rings. The van der Waals surface area contributed by atoms with E-state index >= 15 is 0 Å². The summed E-state index contributed by atoms with van der Waals surface area (Å²) in [6.07, 6.45) is 1.36. The summed E-state index contributed by atoms with van der Waals surface area (Å²) in [4.78, 5) is 11.9. The van der Waals surface area contributed by atoms with Crippen molar-refractivity contribution < 1.29 is 19.4 Å². The van der Waals surface area contributed by atoms with Crippen molar-refractivity contribution in [1.29, 1.82) is 0 Å². The number of aromatic hydroxyl groups is 1. The SMILES string of the molecule is CCOc1cccc(/C=N\NC(=O)COc2c(C)cc(I)cc2C)c1O. The van der Waals surface area contributed by atoms with Crippen molar-refractivity contribution in [3.63, 3.8) is 0 Å². The summed E-state index contributed by atoms with van der Waals surface area (Å²) in [5.74, 6) is 0.662. The maximum atomic E-state index is 11.9. The van der Waals surface area contributed by atoms with Gasteiger partial charge in [-0.2, -0.15) is 5.10 Å². The molecule has 26 heavy (non-hydrogen) atoms. The number of halogens is 1. The minimum atomic E-state index is -0.390. The molecular formula is C19H21IN2O4. The second-order valence-electron chi connectivity index (χ2n) is 5.58. The van der Waals surface area contributed by atoms with E-state index < -0.39 is 0 Å². The standard InChI is InChI=1S/C19H21IN2O4/c1-4-25-16-7-5-6-14(18(16)24)10-21-22-17(23)11-26-19-12(2)8-15(20)9-13(19)3/h5-10,24H,4,11H2,1-3H3,(H,22,23)/b21-10-. The zero-order valence-electron chi connectivity index (χ0n) is 14.9. The van der Waals surface area contributed by atoms with E-state index in [1.165, 1.54) is 6.21 Å². The molecule has 0 fully saturated rings. The highest BCUT2D eigenvalue weighted by atomic mass is 127. The second kappa shape index (κ2) is 9.42. The molecule has 0 unspecified atom stereocenters. The number of nitrogens with one attached hydrogen (secondary N) is 1. The number of nitrogens with zero attached hydrogens (tertiary/aromatic N) is 1. The summed E-state index contributed by atoms with van der Waals surface area (Å²) < 4.78 is 12.0. The van der Waals surface area contributed by atoms with Gasteiger partial charge in [0.25, 0.3) is 5.91 Å². The number of aryl methyl sites for hydroxylation is 2. The van der Waals surface area contributed by atoms with Gasteiger partial charge in [0.1, 0.15) is 5.75 Å². The fourth-order valence-electron chi connectivity index (χ4n) is 2.38. The van der Waals surface area contributed by atoms with Crippen LogP contribution < -0.4 is 14.9 Å². The Morgan fingerprint density at radius 1 is 1.27 bits per heavy atom. The molecule has 2 aromatic carbocycles. The molecule has 0 aromatic heterocycles. The number of rotatable bonds is 7. The normalized spacial score (nSPS) is 10.8. The first-order valence-corrected chi connectivity index (χ1v) is 9.16. The molecule has 0 aliphatic rings. The van der Waals surface area contributed by atoms with Crippen molar-refractivity contribution >= 4 is 34.7 Å². The summed E-state index contributed by atoms with van der Waals surface area (Å²) >= 11 is 2.24. The minimum absolute atomic E-state index is 0.0197. The zero-order valence-corrected chi connectivity index (χ0v) is 17.0.